The van der Waals surface area contributed by atoms with Crippen molar-refractivity contribution in [2.75, 3.05) is 11.8 Å². The number of ether oxygens (including phenoxy) is 1. The molecule has 3 aromatic rings. The summed E-state index contributed by atoms with van der Waals surface area (Å²) < 4.78 is 36.0. The van der Waals surface area contributed by atoms with E-state index in [2.05, 4.69) is 23.6 Å². The number of hydrogen-bond donors (Lipinski definition) is 1. The summed E-state index contributed by atoms with van der Waals surface area (Å²) in [5.41, 5.74) is 3.59. The van der Waals surface area contributed by atoms with Gasteiger partial charge in [0, 0.05) is 0 Å². The van der Waals surface area contributed by atoms with Crippen LogP contribution in [0, 0.1) is 0 Å². The van der Waals surface area contributed by atoms with Crippen molar-refractivity contribution in [2.24, 2.45) is 0 Å². The van der Waals surface area contributed by atoms with Crippen LogP contribution in [0.1, 0.15) is 76.0 Å². The number of aromatic nitrogens is 1. The molecule has 0 radical (unpaired) electrons. The van der Waals surface area contributed by atoms with E-state index >= 15 is 0 Å². The molecule has 0 atom stereocenters. The van der Waals surface area contributed by atoms with Crippen LogP contribution in [-0.2, 0) is 10.0 Å². The van der Waals surface area contributed by atoms with E-state index in [-0.39, 0.29) is 11.8 Å². The molecule has 1 aromatic heterocycles. The van der Waals surface area contributed by atoms with Gasteiger partial charge in [0.1, 0.15) is 5.75 Å². The molecule has 0 unspecified atom stereocenters. The van der Waals surface area contributed by atoms with Gasteiger partial charge in [-0.25, -0.2) is 13.4 Å². The Morgan fingerprint density at radius 3 is 2.03 bits per heavy atom. The highest BCUT2D eigenvalue weighted by molar-refractivity contribution is 7.93. The zero-order chi connectivity index (χ0) is 22.2. The number of hydrogen-bond acceptors (Lipinski definition) is 5. The van der Waals surface area contributed by atoms with E-state index in [1.807, 2.05) is 58.0 Å². The van der Waals surface area contributed by atoms with Crippen molar-refractivity contribution in [1.29, 1.82) is 0 Å². The van der Waals surface area contributed by atoms with Gasteiger partial charge in [0.15, 0.2) is 5.13 Å². The third-order valence-corrected chi connectivity index (χ3v) is 7.70. The van der Waals surface area contributed by atoms with Crippen molar-refractivity contribution in [3.8, 4) is 5.75 Å². The third-order valence-electron chi connectivity index (χ3n) is 5.17. The summed E-state index contributed by atoms with van der Waals surface area (Å²) in [5.74, 6) is 1.19. The molecule has 30 heavy (non-hydrogen) atoms. The number of nitrogens with zero attached hydrogens (tertiary/aromatic N) is 1. The van der Waals surface area contributed by atoms with Crippen LogP contribution in [-0.4, -0.2) is 20.5 Å². The molecule has 0 spiro atoms. The topological polar surface area (TPSA) is 68.3 Å². The first kappa shape index (κ1) is 22.6. The van der Waals surface area contributed by atoms with Gasteiger partial charge < -0.3 is 4.74 Å². The summed E-state index contributed by atoms with van der Waals surface area (Å²) in [5, 5.41) is 0.357. The first-order valence-corrected chi connectivity index (χ1v) is 12.5. The summed E-state index contributed by atoms with van der Waals surface area (Å²) in [6.45, 7) is 12.4. The van der Waals surface area contributed by atoms with Crippen LogP contribution in [0.25, 0.3) is 10.2 Å². The maximum absolute atomic E-state index is 13.6. The SMILES string of the molecule is COc1ccc2nc(NS(=O)(=O)c3c(C(C)C)cc(C(C)C)cc3C(C)C)sc2c1. The lowest BCUT2D eigenvalue weighted by Gasteiger charge is -2.22. The summed E-state index contributed by atoms with van der Waals surface area (Å²) in [7, 11) is -2.20. The molecule has 0 saturated carbocycles. The molecular weight excluding hydrogens is 416 g/mol. The van der Waals surface area contributed by atoms with Crippen LogP contribution in [0.4, 0.5) is 5.13 Å². The van der Waals surface area contributed by atoms with Crippen molar-refractivity contribution in [3.05, 3.63) is 47.0 Å². The maximum Gasteiger partial charge on any atom is 0.264 e. The quantitative estimate of drug-likeness (QED) is 0.451. The van der Waals surface area contributed by atoms with Crippen molar-refractivity contribution in [2.45, 2.75) is 64.2 Å². The number of thiazole rings is 1. The van der Waals surface area contributed by atoms with Crippen LogP contribution >= 0.6 is 11.3 Å². The van der Waals surface area contributed by atoms with Crippen LogP contribution in [0.5, 0.6) is 5.75 Å². The van der Waals surface area contributed by atoms with Crippen molar-refractivity contribution < 1.29 is 13.2 Å². The van der Waals surface area contributed by atoms with Crippen LogP contribution in [0.3, 0.4) is 0 Å². The molecule has 162 valence electrons. The average Bonchev–Trinajstić information content (AvgIpc) is 3.06. The van der Waals surface area contributed by atoms with Gasteiger partial charge in [0.25, 0.3) is 10.0 Å². The Bertz CT molecular complexity index is 1130. The van der Waals surface area contributed by atoms with E-state index in [1.54, 1.807) is 7.11 Å². The van der Waals surface area contributed by atoms with Gasteiger partial charge in [0.05, 0.1) is 22.2 Å². The summed E-state index contributed by atoms with van der Waals surface area (Å²) in [6, 6.07) is 9.59. The van der Waals surface area contributed by atoms with Gasteiger partial charge in [-0.05, 0) is 52.6 Å². The molecule has 0 fully saturated rings. The minimum absolute atomic E-state index is 0.0763. The van der Waals surface area contributed by atoms with Gasteiger partial charge in [-0.2, -0.15) is 0 Å². The lowest BCUT2D eigenvalue weighted by Crippen LogP contribution is -2.19. The van der Waals surface area contributed by atoms with Crippen molar-refractivity contribution in [3.63, 3.8) is 0 Å². The van der Waals surface area contributed by atoms with Gasteiger partial charge >= 0.3 is 0 Å². The van der Waals surface area contributed by atoms with E-state index in [4.69, 9.17) is 4.74 Å². The summed E-state index contributed by atoms with van der Waals surface area (Å²) in [4.78, 5) is 4.85. The minimum atomic E-state index is -3.80. The molecule has 0 saturated heterocycles. The zero-order valence-electron chi connectivity index (χ0n) is 18.6. The highest BCUT2D eigenvalue weighted by Crippen LogP contribution is 2.37. The molecular formula is C23H30N2O3S2. The van der Waals surface area contributed by atoms with E-state index in [0.717, 1.165) is 26.9 Å². The fourth-order valence-corrected chi connectivity index (χ4v) is 6.27. The maximum atomic E-state index is 13.6. The third kappa shape index (κ3) is 4.47. The van der Waals surface area contributed by atoms with Gasteiger partial charge in [0.2, 0.25) is 0 Å². The molecule has 7 heteroatoms. The number of anilines is 1. The Kier molecular flexibility index (Phi) is 6.43. The van der Waals surface area contributed by atoms with E-state index in [9.17, 15) is 8.42 Å². The monoisotopic (exact) mass is 446 g/mol. The second-order valence-corrected chi connectivity index (χ2v) is 11.1. The average molecular weight is 447 g/mol. The minimum Gasteiger partial charge on any atom is -0.497 e. The van der Waals surface area contributed by atoms with E-state index in [1.165, 1.54) is 11.3 Å². The van der Waals surface area contributed by atoms with Crippen molar-refractivity contribution >= 4 is 36.7 Å². The fraction of sp³-hybridized carbons (Fsp3) is 0.435. The smallest absolute Gasteiger partial charge is 0.264 e. The molecule has 0 amide bonds. The van der Waals surface area contributed by atoms with Crippen LogP contribution in [0.2, 0.25) is 0 Å². The van der Waals surface area contributed by atoms with Gasteiger partial charge in [-0.15, -0.1) is 0 Å². The zero-order valence-corrected chi connectivity index (χ0v) is 20.2. The summed E-state index contributed by atoms with van der Waals surface area (Å²) >= 11 is 1.30. The number of benzene rings is 2. The summed E-state index contributed by atoms with van der Waals surface area (Å²) in [6.07, 6.45) is 0. The first-order valence-electron chi connectivity index (χ1n) is 10.2. The van der Waals surface area contributed by atoms with Crippen LogP contribution < -0.4 is 9.46 Å². The number of methoxy groups -OCH3 is 1. The molecule has 0 aliphatic carbocycles. The van der Waals surface area contributed by atoms with E-state index < -0.39 is 10.0 Å². The number of sulfonamides is 1. The molecule has 0 bridgehead atoms. The highest BCUT2D eigenvalue weighted by Gasteiger charge is 2.28. The Morgan fingerprint density at radius 1 is 0.933 bits per heavy atom. The Hall–Kier alpha value is -2.12. The molecule has 0 aliphatic rings. The number of fused-ring (bicyclic) bond motifs is 1. The standard InChI is InChI=1S/C23H30N2O3S2/c1-13(2)16-10-18(14(3)4)22(19(11-16)15(5)6)30(26,27)25-23-24-20-9-8-17(28-7)12-21(20)29-23/h8-15H,1-7H3,(H,24,25). The lowest BCUT2D eigenvalue weighted by molar-refractivity contribution is 0.415. The molecule has 1 heterocycles. The highest BCUT2D eigenvalue weighted by atomic mass is 32.2. The molecule has 0 aliphatic heterocycles. The molecule has 3 rings (SSSR count). The predicted molar refractivity (Wildman–Crippen MR) is 126 cm³/mol. The normalized spacial score (nSPS) is 12.3. The fourth-order valence-electron chi connectivity index (χ4n) is 3.44. The van der Waals surface area contributed by atoms with Crippen molar-refractivity contribution in [1.82, 2.24) is 4.98 Å². The molecule has 5 nitrogen and oxygen atoms in total. The Morgan fingerprint density at radius 2 is 1.53 bits per heavy atom. The largest absolute Gasteiger partial charge is 0.497 e. The predicted octanol–water partition coefficient (Wildman–Crippen LogP) is 6.48. The van der Waals surface area contributed by atoms with E-state index in [0.29, 0.717) is 21.7 Å². The second kappa shape index (κ2) is 8.55. The lowest BCUT2D eigenvalue weighted by atomic mass is 9.89. The second-order valence-electron chi connectivity index (χ2n) is 8.45. The van der Waals surface area contributed by atoms with Crippen LogP contribution in [0.15, 0.2) is 35.2 Å². The Labute approximate surface area is 183 Å². The molecule has 2 aromatic carbocycles. The first-order chi connectivity index (χ1) is 14.0. The number of nitrogens with one attached hydrogen (secondary N) is 1. The Balaban J connectivity index is 2.13. The number of rotatable bonds is 7. The molecule has 1 N–H and O–H groups in total. The van der Waals surface area contributed by atoms with Gasteiger partial charge in [-0.1, -0.05) is 65.0 Å². The van der Waals surface area contributed by atoms with Gasteiger partial charge in [-0.3, -0.25) is 4.72 Å².